The molecule has 6 heteroatoms. The lowest BCUT2D eigenvalue weighted by atomic mass is 10.1. The van der Waals surface area contributed by atoms with Crippen LogP contribution in [0.25, 0.3) is 0 Å². The van der Waals surface area contributed by atoms with Crippen LogP contribution in [0.1, 0.15) is 49.3 Å². The zero-order valence-electron chi connectivity index (χ0n) is 16.6. The van der Waals surface area contributed by atoms with E-state index in [0.717, 1.165) is 47.2 Å². The summed E-state index contributed by atoms with van der Waals surface area (Å²) in [6.45, 7) is 6.14. The molecular weight excluding hydrogens is 368 g/mol. The zero-order valence-corrected chi connectivity index (χ0v) is 17.4. The van der Waals surface area contributed by atoms with Crippen LogP contribution in [0, 0.1) is 0 Å². The summed E-state index contributed by atoms with van der Waals surface area (Å²) in [7, 11) is 0. The first-order valence-corrected chi connectivity index (χ1v) is 11.3. The van der Waals surface area contributed by atoms with Crippen molar-refractivity contribution in [3.05, 3.63) is 47.2 Å². The van der Waals surface area contributed by atoms with E-state index in [-0.39, 0.29) is 5.91 Å². The molecule has 1 aromatic heterocycles. The smallest absolute Gasteiger partial charge is 0.233 e. The van der Waals surface area contributed by atoms with E-state index in [0.29, 0.717) is 13.0 Å². The number of nitrogens with zero attached hydrogens (tertiary/aromatic N) is 4. The molecule has 0 saturated carbocycles. The van der Waals surface area contributed by atoms with Gasteiger partial charge in [-0.3, -0.25) is 14.6 Å². The minimum Gasteiger partial charge on any atom is -0.299 e. The van der Waals surface area contributed by atoms with Crippen LogP contribution in [0.4, 0.5) is 5.82 Å². The number of likely N-dealkylation sites (tertiary alicyclic amines) is 1. The SMILES string of the molecule is CCCCSc1ncc2c(n1)N(Cc1cccc(CN3CCCC3)c1)C(=O)C2. The van der Waals surface area contributed by atoms with Crippen LogP contribution >= 0.6 is 11.8 Å². The maximum absolute atomic E-state index is 12.6. The van der Waals surface area contributed by atoms with Gasteiger partial charge in [-0.15, -0.1) is 0 Å². The quantitative estimate of drug-likeness (QED) is 0.383. The normalized spacial score (nSPS) is 16.8. The second-order valence-corrected chi connectivity index (χ2v) is 8.73. The fourth-order valence-electron chi connectivity index (χ4n) is 3.87. The molecule has 1 aromatic carbocycles. The summed E-state index contributed by atoms with van der Waals surface area (Å²) < 4.78 is 0. The Morgan fingerprint density at radius 3 is 2.71 bits per heavy atom. The fraction of sp³-hybridized carbons (Fsp3) is 0.500. The minimum atomic E-state index is 0.116. The molecule has 2 aliphatic rings. The van der Waals surface area contributed by atoms with E-state index in [4.69, 9.17) is 4.98 Å². The van der Waals surface area contributed by atoms with E-state index in [2.05, 4.69) is 41.1 Å². The molecule has 2 aliphatic heterocycles. The van der Waals surface area contributed by atoms with Crippen LogP contribution in [0.3, 0.4) is 0 Å². The van der Waals surface area contributed by atoms with Gasteiger partial charge in [-0.2, -0.15) is 0 Å². The van der Waals surface area contributed by atoms with Crippen molar-refractivity contribution in [2.24, 2.45) is 0 Å². The number of carbonyl (C=O) groups excluding carboxylic acids is 1. The molecule has 1 fully saturated rings. The standard InChI is InChI=1S/C22H28N4OS/c1-2-3-11-28-22-23-14-19-13-20(27)26(21(19)24-22)16-18-8-6-7-17(12-18)15-25-9-4-5-10-25/h6-8,12,14H,2-5,9-11,13,15-16H2,1H3. The predicted octanol–water partition coefficient (Wildman–Crippen LogP) is 4.05. The molecule has 28 heavy (non-hydrogen) atoms. The van der Waals surface area contributed by atoms with Crippen molar-refractivity contribution >= 4 is 23.5 Å². The van der Waals surface area contributed by atoms with E-state index in [1.165, 1.54) is 31.5 Å². The Morgan fingerprint density at radius 2 is 1.93 bits per heavy atom. The van der Waals surface area contributed by atoms with Gasteiger partial charge in [-0.1, -0.05) is 49.4 Å². The van der Waals surface area contributed by atoms with Crippen LogP contribution in [0.2, 0.25) is 0 Å². The number of carbonyl (C=O) groups is 1. The molecule has 0 N–H and O–H groups in total. The van der Waals surface area contributed by atoms with Gasteiger partial charge in [0.2, 0.25) is 5.91 Å². The van der Waals surface area contributed by atoms with Gasteiger partial charge in [0.15, 0.2) is 5.16 Å². The number of hydrogen-bond acceptors (Lipinski definition) is 5. The average molecular weight is 397 g/mol. The predicted molar refractivity (Wildman–Crippen MR) is 114 cm³/mol. The van der Waals surface area contributed by atoms with Crippen molar-refractivity contribution in [3.63, 3.8) is 0 Å². The lowest BCUT2D eigenvalue weighted by Gasteiger charge is -2.19. The van der Waals surface area contributed by atoms with Crippen molar-refractivity contribution in [1.82, 2.24) is 14.9 Å². The third kappa shape index (κ3) is 4.55. The third-order valence-corrected chi connectivity index (χ3v) is 6.33. The van der Waals surface area contributed by atoms with Crippen molar-refractivity contribution in [2.75, 3.05) is 23.7 Å². The van der Waals surface area contributed by atoms with Gasteiger partial charge in [0.1, 0.15) is 5.82 Å². The maximum Gasteiger partial charge on any atom is 0.233 e. The Bertz CT molecular complexity index is 835. The summed E-state index contributed by atoms with van der Waals surface area (Å²) >= 11 is 1.68. The molecule has 0 unspecified atom stereocenters. The Balaban J connectivity index is 1.48. The zero-order chi connectivity index (χ0) is 19.3. The monoisotopic (exact) mass is 396 g/mol. The molecule has 0 radical (unpaired) electrons. The lowest BCUT2D eigenvalue weighted by Crippen LogP contribution is -2.27. The number of rotatable bonds is 8. The first kappa shape index (κ1) is 19.4. The van der Waals surface area contributed by atoms with E-state index in [1.54, 1.807) is 11.8 Å². The molecule has 0 aliphatic carbocycles. The van der Waals surface area contributed by atoms with Gasteiger partial charge in [0, 0.05) is 24.1 Å². The number of fused-ring (bicyclic) bond motifs is 1. The summed E-state index contributed by atoms with van der Waals surface area (Å²) in [5, 5.41) is 0.773. The highest BCUT2D eigenvalue weighted by molar-refractivity contribution is 7.99. The summed E-state index contributed by atoms with van der Waals surface area (Å²) in [5.74, 6) is 1.93. The summed E-state index contributed by atoms with van der Waals surface area (Å²) in [4.78, 5) is 26.1. The van der Waals surface area contributed by atoms with Gasteiger partial charge in [0.05, 0.1) is 13.0 Å². The van der Waals surface area contributed by atoms with E-state index in [9.17, 15) is 4.79 Å². The molecule has 148 valence electrons. The highest BCUT2D eigenvalue weighted by Crippen LogP contribution is 2.30. The largest absolute Gasteiger partial charge is 0.299 e. The number of amides is 1. The van der Waals surface area contributed by atoms with Crippen molar-refractivity contribution < 1.29 is 4.79 Å². The van der Waals surface area contributed by atoms with Crippen LogP contribution < -0.4 is 4.90 Å². The molecule has 0 bridgehead atoms. The summed E-state index contributed by atoms with van der Waals surface area (Å²) in [5.41, 5.74) is 3.43. The topological polar surface area (TPSA) is 49.3 Å². The van der Waals surface area contributed by atoms with Crippen LogP contribution in [-0.2, 0) is 24.3 Å². The second-order valence-electron chi connectivity index (χ2n) is 7.66. The summed E-state index contributed by atoms with van der Waals surface area (Å²) in [6.07, 6.45) is 7.16. The van der Waals surface area contributed by atoms with Gasteiger partial charge >= 0.3 is 0 Å². The Hall–Kier alpha value is -1.92. The molecule has 1 saturated heterocycles. The Labute approximate surface area is 171 Å². The number of benzene rings is 1. The third-order valence-electron chi connectivity index (χ3n) is 5.38. The molecule has 2 aromatic rings. The number of unbranched alkanes of at least 4 members (excludes halogenated alkanes) is 1. The van der Waals surface area contributed by atoms with Gasteiger partial charge < -0.3 is 0 Å². The molecule has 3 heterocycles. The van der Waals surface area contributed by atoms with Crippen LogP contribution in [0.15, 0.2) is 35.6 Å². The molecule has 4 rings (SSSR count). The van der Waals surface area contributed by atoms with E-state index < -0.39 is 0 Å². The lowest BCUT2D eigenvalue weighted by molar-refractivity contribution is -0.117. The van der Waals surface area contributed by atoms with Crippen molar-refractivity contribution in [2.45, 2.75) is 57.3 Å². The van der Waals surface area contributed by atoms with Gasteiger partial charge in [0.25, 0.3) is 0 Å². The molecule has 0 spiro atoms. The molecular formula is C22H28N4OS. The first-order valence-electron chi connectivity index (χ1n) is 10.3. The maximum atomic E-state index is 12.6. The molecule has 5 nitrogen and oxygen atoms in total. The highest BCUT2D eigenvalue weighted by atomic mass is 32.2. The van der Waals surface area contributed by atoms with E-state index >= 15 is 0 Å². The fourth-order valence-corrected chi connectivity index (χ4v) is 4.76. The van der Waals surface area contributed by atoms with Crippen molar-refractivity contribution in [3.8, 4) is 0 Å². The molecule has 0 atom stereocenters. The number of anilines is 1. The summed E-state index contributed by atoms with van der Waals surface area (Å²) in [6, 6.07) is 8.64. The second kappa shape index (κ2) is 9.05. The van der Waals surface area contributed by atoms with Crippen LogP contribution in [0.5, 0.6) is 0 Å². The number of aromatic nitrogens is 2. The minimum absolute atomic E-state index is 0.116. The highest BCUT2D eigenvalue weighted by Gasteiger charge is 2.29. The van der Waals surface area contributed by atoms with Crippen molar-refractivity contribution in [1.29, 1.82) is 0 Å². The number of hydrogen-bond donors (Lipinski definition) is 0. The van der Waals surface area contributed by atoms with E-state index in [1.807, 2.05) is 11.1 Å². The van der Waals surface area contributed by atoms with Gasteiger partial charge in [-0.25, -0.2) is 9.97 Å². The average Bonchev–Trinajstić information content (AvgIpc) is 3.31. The Kier molecular flexibility index (Phi) is 6.27. The Morgan fingerprint density at radius 1 is 1.14 bits per heavy atom. The van der Waals surface area contributed by atoms with Crippen LogP contribution in [-0.4, -0.2) is 39.6 Å². The van der Waals surface area contributed by atoms with Gasteiger partial charge in [-0.05, 0) is 43.5 Å². The number of thioether (sulfide) groups is 1. The molecule has 1 amide bonds. The first-order chi connectivity index (χ1) is 13.7.